The summed E-state index contributed by atoms with van der Waals surface area (Å²) in [6.07, 6.45) is -0.155. The highest BCUT2D eigenvalue weighted by Gasteiger charge is 2.31. The Morgan fingerprint density at radius 1 is 1.22 bits per heavy atom. The molecule has 0 bridgehead atoms. The molecule has 0 aliphatic heterocycles. The molecule has 0 amide bonds. The number of Topliss-reactive ketones (excluding diaryl/α,β-unsaturated/α-hetero) is 1. The maximum Gasteiger partial charge on any atom is 0.304 e. The van der Waals surface area contributed by atoms with Gasteiger partial charge in [0, 0.05) is 15.9 Å². The van der Waals surface area contributed by atoms with Gasteiger partial charge in [0.05, 0.1) is 6.42 Å². The summed E-state index contributed by atoms with van der Waals surface area (Å²) in [6.45, 7) is 5.40. The first-order chi connectivity index (χ1) is 8.36. The smallest absolute Gasteiger partial charge is 0.304 e. The molecule has 98 valence electrons. The lowest BCUT2D eigenvalue weighted by Crippen LogP contribution is -2.27. The number of carbonyl (C=O) groups excluding carboxylic acids is 1. The Hall–Kier alpha value is -1.29. The van der Waals surface area contributed by atoms with Crippen molar-refractivity contribution in [3.63, 3.8) is 0 Å². The number of carboxylic acids is 1. The first-order valence-electron chi connectivity index (χ1n) is 5.86. The lowest BCUT2D eigenvalue weighted by molar-refractivity contribution is -0.138. The van der Waals surface area contributed by atoms with Crippen molar-refractivity contribution in [2.75, 3.05) is 5.75 Å². The van der Waals surface area contributed by atoms with Gasteiger partial charge in [-0.05, 0) is 17.9 Å². The van der Waals surface area contributed by atoms with Crippen LogP contribution in [-0.4, -0.2) is 22.6 Å². The standard InChI is InChI=1S/C14H18O3S/c1-4-18-11-7-5-10(6-8-11)13(17)14(2,3)9-12(15)16/h5-8H,4,9H2,1-3H3,(H,15,16). The topological polar surface area (TPSA) is 54.4 Å². The van der Waals surface area contributed by atoms with Crippen molar-refractivity contribution < 1.29 is 14.7 Å². The lowest BCUT2D eigenvalue weighted by Gasteiger charge is -2.20. The summed E-state index contributed by atoms with van der Waals surface area (Å²) >= 11 is 1.71. The van der Waals surface area contributed by atoms with E-state index in [2.05, 4.69) is 6.92 Å². The molecular weight excluding hydrogens is 248 g/mol. The molecule has 0 atom stereocenters. The second-order valence-corrected chi connectivity index (χ2v) is 6.08. The van der Waals surface area contributed by atoms with Crippen molar-refractivity contribution >= 4 is 23.5 Å². The molecule has 18 heavy (non-hydrogen) atoms. The maximum absolute atomic E-state index is 12.2. The molecule has 0 aromatic heterocycles. The molecule has 0 aliphatic rings. The van der Waals surface area contributed by atoms with Crippen LogP contribution >= 0.6 is 11.8 Å². The van der Waals surface area contributed by atoms with E-state index in [-0.39, 0.29) is 12.2 Å². The summed E-state index contributed by atoms with van der Waals surface area (Å²) in [5.74, 6) is -0.0953. The fraction of sp³-hybridized carbons (Fsp3) is 0.429. The van der Waals surface area contributed by atoms with Gasteiger partial charge in [-0.2, -0.15) is 0 Å². The third-order valence-corrected chi connectivity index (χ3v) is 3.53. The average Bonchev–Trinajstić information content (AvgIpc) is 2.28. The Labute approximate surface area is 112 Å². The van der Waals surface area contributed by atoms with Crippen LogP contribution in [0.15, 0.2) is 29.2 Å². The van der Waals surface area contributed by atoms with Crippen LogP contribution in [0.4, 0.5) is 0 Å². The Balaban J connectivity index is 2.86. The molecule has 0 fully saturated rings. The first-order valence-corrected chi connectivity index (χ1v) is 6.85. The quantitative estimate of drug-likeness (QED) is 0.632. The Morgan fingerprint density at radius 2 is 1.78 bits per heavy atom. The Kier molecular flexibility index (Phi) is 4.96. The number of hydrogen-bond donors (Lipinski definition) is 1. The van der Waals surface area contributed by atoms with Gasteiger partial charge in [-0.1, -0.05) is 32.9 Å². The van der Waals surface area contributed by atoms with E-state index in [1.807, 2.05) is 12.1 Å². The number of thioether (sulfide) groups is 1. The molecular formula is C14H18O3S. The first kappa shape index (κ1) is 14.8. The third-order valence-electron chi connectivity index (χ3n) is 2.64. The van der Waals surface area contributed by atoms with Crippen LogP contribution in [0.25, 0.3) is 0 Å². The number of ketones is 1. The molecule has 0 unspecified atom stereocenters. The van der Waals surface area contributed by atoms with Crippen molar-refractivity contribution in [3.05, 3.63) is 29.8 Å². The molecule has 3 nitrogen and oxygen atoms in total. The average molecular weight is 266 g/mol. The molecule has 1 aromatic carbocycles. The van der Waals surface area contributed by atoms with Crippen LogP contribution < -0.4 is 0 Å². The molecule has 4 heteroatoms. The van der Waals surface area contributed by atoms with E-state index in [4.69, 9.17) is 5.11 Å². The lowest BCUT2D eigenvalue weighted by atomic mass is 9.81. The molecule has 0 saturated carbocycles. The molecule has 1 rings (SSSR count). The van der Waals surface area contributed by atoms with Crippen LogP contribution in [0.5, 0.6) is 0 Å². The normalized spacial score (nSPS) is 11.3. The van der Waals surface area contributed by atoms with Crippen molar-refractivity contribution in [2.45, 2.75) is 32.1 Å². The van der Waals surface area contributed by atoms with Gasteiger partial charge in [0.1, 0.15) is 0 Å². The van der Waals surface area contributed by atoms with Gasteiger partial charge < -0.3 is 5.11 Å². The second-order valence-electron chi connectivity index (χ2n) is 4.74. The summed E-state index contributed by atoms with van der Waals surface area (Å²) in [7, 11) is 0. The van der Waals surface area contributed by atoms with Gasteiger partial charge in [-0.15, -0.1) is 11.8 Å². The predicted octanol–water partition coefficient (Wildman–Crippen LogP) is 3.48. The van der Waals surface area contributed by atoms with E-state index in [0.29, 0.717) is 5.56 Å². The van der Waals surface area contributed by atoms with Crippen LogP contribution in [0, 0.1) is 5.41 Å². The monoisotopic (exact) mass is 266 g/mol. The van der Waals surface area contributed by atoms with Crippen LogP contribution in [-0.2, 0) is 4.79 Å². The summed E-state index contributed by atoms with van der Waals surface area (Å²) in [6, 6.07) is 7.34. The molecule has 0 heterocycles. The second kappa shape index (κ2) is 6.05. The maximum atomic E-state index is 12.2. The highest BCUT2D eigenvalue weighted by molar-refractivity contribution is 7.99. The van der Waals surface area contributed by atoms with Gasteiger partial charge in [0.15, 0.2) is 5.78 Å². The third kappa shape index (κ3) is 3.88. The van der Waals surface area contributed by atoms with E-state index in [1.165, 1.54) is 0 Å². The largest absolute Gasteiger partial charge is 0.481 e. The molecule has 1 N–H and O–H groups in total. The van der Waals surface area contributed by atoms with E-state index in [0.717, 1.165) is 10.6 Å². The zero-order valence-electron chi connectivity index (χ0n) is 10.9. The van der Waals surface area contributed by atoms with Crippen molar-refractivity contribution in [3.8, 4) is 0 Å². The summed E-state index contributed by atoms with van der Waals surface area (Å²) < 4.78 is 0. The zero-order valence-corrected chi connectivity index (χ0v) is 11.7. The van der Waals surface area contributed by atoms with Gasteiger partial charge in [-0.25, -0.2) is 0 Å². The predicted molar refractivity (Wildman–Crippen MR) is 73.2 cm³/mol. The van der Waals surface area contributed by atoms with Crippen molar-refractivity contribution in [1.29, 1.82) is 0 Å². The van der Waals surface area contributed by atoms with Crippen LogP contribution in [0.3, 0.4) is 0 Å². The van der Waals surface area contributed by atoms with Gasteiger partial charge in [0.2, 0.25) is 0 Å². The minimum absolute atomic E-state index is 0.127. The summed E-state index contributed by atoms with van der Waals surface area (Å²) in [5.41, 5.74) is -0.299. The fourth-order valence-electron chi connectivity index (χ4n) is 1.72. The number of carboxylic acid groups (broad SMARTS) is 1. The van der Waals surface area contributed by atoms with E-state index in [9.17, 15) is 9.59 Å². The molecule has 0 aliphatic carbocycles. The summed E-state index contributed by atoms with van der Waals surface area (Å²) in [4.78, 5) is 24.1. The number of carbonyl (C=O) groups is 2. The fourth-order valence-corrected chi connectivity index (χ4v) is 2.38. The van der Waals surface area contributed by atoms with Crippen LogP contribution in [0.2, 0.25) is 0 Å². The molecule has 0 saturated heterocycles. The zero-order chi connectivity index (χ0) is 13.8. The van der Waals surface area contributed by atoms with Crippen molar-refractivity contribution in [1.82, 2.24) is 0 Å². The summed E-state index contributed by atoms with van der Waals surface area (Å²) in [5, 5.41) is 8.80. The Bertz CT molecular complexity index is 435. The van der Waals surface area contributed by atoms with E-state index < -0.39 is 11.4 Å². The van der Waals surface area contributed by atoms with Gasteiger partial charge >= 0.3 is 5.97 Å². The highest BCUT2D eigenvalue weighted by atomic mass is 32.2. The molecule has 0 radical (unpaired) electrons. The van der Waals surface area contributed by atoms with Gasteiger partial charge in [0.25, 0.3) is 0 Å². The SMILES string of the molecule is CCSc1ccc(C(=O)C(C)(C)CC(=O)O)cc1. The minimum atomic E-state index is -0.952. The van der Waals surface area contributed by atoms with Crippen molar-refractivity contribution in [2.24, 2.45) is 5.41 Å². The van der Waals surface area contributed by atoms with E-state index in [1.54, 1.807) is 37.7 Å². The van der Waals surface area contributed by atoms with Crippen LogP contribution in [0.1, 0.15) is 37.6 Å². The number of rotatable bonds is 6. The van der Waals surface area contributed by atoms with Gasteiger partial charge in [-0.3, -0.25) is 9.59 Å². The molecule has 1 aromatic rings. The van der Waals surface area contributed by atoms with E-state index >= 15 is 0 Å². The number of aliphatic carboxylic acids is 1. The minimum Gasteiger partial charge on any atom is -0.481 e. The number of benzene rings is 1. The highest BCUT2D eigenvalue weighted by Crippen LogP contribution is 2.27. The molecule has 0 spiro atoms. The number of hydrogen-bond acceptors (Lipinski definition) is 3. The Morgan fingerprint density at radius 3 is 2.22 bits per heavy atom.